The van der Waals surface area contributed by atoms with Gasteiger partial charge in [0.2, 0.25) is 0 Å². The second-order valence-corrected chi connectivity index (χ2v) is 5.67. The van der Waals surface area contributed by atoms with Gasteiger partial charge in [-0.3, -0.25) is 4.79 Å². The largest absolute Gasteiger partial charge is 0.480 e. The molecule has 1 aliphatic rings. The molecule has 0 saturated carbocycles. The fourth-order valence-electron chi connectivity index (χ4n) is 2.97. The summed E-state index contributed by atoms with van der Waals surface area (Å²) >= 11 is 0. The average molecular weight is 279 g/mol. The summed E-state index contributed by atoms with van der Waals surface area (Å²) in [6, 6.07) is 3.12. The van der Waals surface area contributed by atoms with Crippen LogP contribution in [0.2, 0.25) is 0 Å². The molecule has 2 N–H and O–H groups in total. The zero-order chi connectivity index (χ0) is 14.7. The van der Waals surface area contributed by atoms with Crippen molar-refractivity contribution in [2.75, 3.05) is 0 Å². The van der Waals surface area contributed by atoms with E-state index in [2.05, 4.69) is 5.32 Å². The van der Waals surface area contributed by atoms with Gasteiger partial charge >= 0.3 is 5.97 Å². The van der Waals surface area contributed by atoms with Crippen molar-refractivity contribution >= 4 is 5.97 Å². The Morgan fingerprint density at radius 1 is 1.55 bits per heavy atom. The second kappa shape index (κ2) is 6.35. The summed E-state index contributed by atoms with van der Waals surface area (Å²) in [5, 5.41) is 12.4. The van der Waals surface area contributed by atoms with Crippen molar-refractivity contribution in [2.45, 2.75) is 58.0 Å². The van der Waals surface area contributed by atoms with Gasteiger partial charge in [-0.25, -0.2) is 4.39 Å². The monoisotopic (exact) mass is 279 g/mol. The number of nitrogens with one attached hydrogen (secondary N) is 1. The lowest BCUT2D eigenvalue weighted by Crippen LogP contribution is -2.45. The molecule has 2 atom stereocenters. The molecule has 0 amide bonds. The van der Waals surface area contributed by atoms with Crippen molar-refractivity contribution in [1.29, 1.82) is 0 Å². The van der Waals surface area contributed by atoms with Crippen LogP contribution in [0, 0.1) is 12.7 Å². The van der Waals surface area contributed by atoms with Crippen molar-refractivity contribution in [3.63, 3.8) is 0 Å². The van der Waals surface area contributed by atoms with Crippen molar-refractivity contribution in [3.05, 3.63) is 34.6 Å². The summed E-state index contributed by atoms with van der Waals surface area (Å²) in [4.78, 5) is 11.2. The lowest BCUT2D eigenvalue weighted by Gasteiger charge is -2.28. The van der Waals surface area contributed by atoms with E-state index < -0.39 is 12.0 Å². The van der Waals surface area contributed by atoms with E-state index in [-0.39, 0.29) is 11.9 Å². The van der Waals surface area contributed by atoms with Gasteiger partial charge in [0.05, 0.1) is 0 Å². The van der Waals surface area contributed by atoms with Gasteiger partial charge in [0.15, 0.2) is 0 Å². The van der Waals surface area contributed by atoms with Crippen LogP contribution in [0.3, 0.4) is 0 Å². The SMILES string of the molecule is CCC[C@H](N[C@H]1CCc2cc(C)cc(F)c2C1)C(=O)O. The van der Waals surface area contributed by atoms with E-state index in [1.807, 2.05) is 19.9 Å². The average Bonchev–Trinajstić information content (AvgIpc) is 2.38. The Labute approximate surface area is 119 Å². The number of aliphatic carboxylic acids is 1. The van der Waals surface area contributed by atoms with Crippen LogP contribution in [0.25, 0.3) is 0 Å². The highest BCUT2D eigenvalue weighted by molar-refractivity contribution is 5.73. The highest BCUT2D eigenvalue weighted by Crippen LogP contribution is 2.25. The van der Waals surface area contributed by atoms with Crippen LogP contribution < -0.4 is 5.32 Å². The Kier molecular flexibility index (Phi) is 4.76. The van der Waals surface area contributed by atoms with Gasteiger partial charge in [-0.05, 0) is 55.4 Å². The maximum absolute atomic E-state index is 14.0. The number of benzene rings is 1. The minimum Gasteiger partial charge on any atom is -0.480 e. The molecule has 0 unspecified atom stereocenters. The molecule has 0 spiro atoms. The molecule has 3 nitrogen and oxygen atoms in total. The summed E-state index contributed by atoms with van der Waals surface area (Å²) < 4.78 is 14.0. The summed E-state index contributed by atoms with van der Waals surface area (Å²) in [6.07, 6.45) is 3.68. The van der Waals surface area contributed by atoms with Crippen LogP contribution in [0.1, 0.15) is 42.9 Å². The molecular formula is C16H22FNO2. The number of aryl methyl sites for hydroxylation is 2. The number of carboxylic acid groups (broad SMARTS) is 1. The quantitative estimate of drug-likeness (QED) is 0.871. The van der Waals surface area contributed by atoms with Crippen LogP contribution >= 0.6 is 0 Å². The van der Waals surface area contributed by atoms with E-state index >= 15 is 0 Å². The molecule has 1 aliphatic carbocycles. The van der Waals surface area contributed by atoms with Gasteiger partial charge < -0.3 is 10.4 Å². The van der Waals surface area contributed by atoms with Crippen LogP contribution in [-0.4, -0.2) is 23.2 Å². The third-order valence-electron chi connectivity index (χ3n) is 3.96. The molecule has 20 heavy (non-hydrogen) atoms. The first-order chi connectivity index (χ1) is 9.51. The summed E-state index contributed by atoms with van der Waals surface area (Å²) in [5.74, 6) is -0.976. The van der Waals surface area contributed by atoms with Crippen molar-refractivity contribution in [3.8, 4) is 0 Å². The topological polar surface area (TPSA) is 49.3 Å². The van der Waals surface area contributed by atoms with E-state index in [0.717, 1.165) is 36.0 Å². The first-order valence-corrected chi connectivity index (χ1v) is 7.28. The molecule has 0 bridgehead atoms. The molecular weight excluding hydrogens is 257 g/mol. The lowest BCUT2D eigenvalue weighted by atomic mass is 9.86. The minimum atomic E-state index is -0.818. The fourth-order valence-corrected chi connectivity index (χ4v) is 2.97. The third kappa shape index (κ3) is 3.37. The number of carboxylic acids is 1. The summed E-state index contributed by atoms with van der Waals surface area (Å²) in [6.45, 7) is 3.87. The predicted octanol–water partition coefficient (Wildman–Crippen LogP) is 2.83. The highest BCUT2D eigenvalue weighted by Gasteiger charge is 2.26. The molecule has 1 aromatic carbocycles. The van der Waals surface area contributed by atoms with Crippen molar-refractivity contribution in [1.82, 2.24) is 5.32 Å². The van der Waals surface area contributed by atoms with Crippen LogP contribution in [0.15, 0.2) is 12.1 Å². The summed E-state index contributed by atoms with van der Waals surface area (Å²) in [7, 11) is 0. The van der Waals surface area contributed by atoms with Gasteiger partial charge in [-0.15, -0.1) is 0 Å². The molecule has 0 aliphatic heterocycles. The van der Waals surface area contributed by atoms with Gasteiger partial charge in [0.1, 0.15) is 11.9 Å². The molecule has 2 rings (SSSR count). The van der Waals surface area contributed by atoms with Crippen LogP contribution in [0.5, 0.6) is 0 Å². The standard InChI is InChI=1S/C16H22FNO2/c1-3-4-15(16(19)20)18-12-6-5-11-7-10(2)8-14(17)13(11)9-12/h7-8,12,15,18H,3-6,9H2,1-2H3,(H,19,20)/t12-,15-/m0/s1. The molecule has 0 aromatic heterocycles. The molecule has 110 valence electrons. The molecule has 0 saturated heterocycles. The molecule has 0 radical (unpaired) electrons. The Bertz CT molecular complexity index is 501. The van der Waals surface area contributed by atoms with Crippen LogP contribution in [0.4, 0.5) is 4.39 Å². The Hall–Kier alpha value is -1.42. The van der Waals surface area contributed by atoms with Gasteiger partial charge in [0, 0.05) is 6.04 Å². The highest BCUT2D eigenvalue weighted by atomic mass is 19.1. The second-order valence-electron chi connectivity index (χ2n) is 5.67. The Morgan fingerprint density at radius 2 is 2.30 bits per heavy atom. The van der Waals surface area contributed by atoms with Gasteiger partial charge in [-0.2, -0.15) is 0 Å². The number of rotatable bonds is 5. The number of hydrogen-bond donors (Lipinski definition) is 2. The van der Waals surface area contributed by atoms with Crippen molar-refractivity contribution in [2.24, 2.45) is 0 Å². The molecule has 1 aromatic rings. The van der Waals surface area contributed by atoms with Crippen molar-refractivity contribution < 1.29 is 14.3 Å². The van der Waals surface area contributed by atoms with E-state index in [4.69, 9.17) is 0 Å². The number of carbonyl (C=O) groups is 1. The maximum atomic E-state index is 14.0. The van der Waals surface area contributed by atoms with Gasteiger partial charge in [-0.1, -0.05) is 19.4 Å². The molecule has 0 fully saturated rings. The first kappa shape index (κ1) is 15.0. The van der Waals surface area contributed by atoms with E-state index in [1.54, 1.807) is 6.07 Å². The maximum Gasteiger partial charge on any atom is 0.320 e. The van der Waals surface area contributed by atoms with Crippen LogP contribution in [-0.2, 0) is 17.6 Å². The first-order valence-electron chi connectivity index (χ1n) is 7.28. The fraction of sp³-hybridized carbons (Fsp3) is 0.562. The molecule has 0 heterocycles. The smallest absolute Gasteiger partial charge is 0.320 e. The van der Waals surface area contributed by atoms with E-state index in [9.17, 15) is 14.3 Å². The minimum absolute atomic E-state index is 0.0485. The lowest BCUT2D eigenvalue weighted by molar-refractivity contribution is -0.139. The van der Waals surface area contributed by atoms with E-state index in [1.165, 1.54) is 0 Å². The third-order valence-corrected chi connectivity index (χ3v) is 3.96. The Balaban J connectivity index is 2.09. The Morgan fingerprint density at radius 3 is 2.95 bits per heavy atom. The number of hydrogen-bond acceptors (Lipinski definition) is 2. The molecule has 4 heteroatoms. The van der Waals surface area contributed by atoms with E-state index in [0.29, 0.717) is 12.8 Å². The zero-order valence-corrected chi connectivity index (χ0v) is 12.1. The van der Waals surface area contributed by atoms with Gasteiger partial charge in [0.25, 0.3) is 0 Å². The zero-order valence-electron chi connectivity index (χ0n) is 12.1. The predicted molar refractivity (Wildman–Crippen MR) is 76.4 cm³/mol. The summed E-state index contributed by atoms with van der Waals surface area (Å²) in [5.41, 5.74) is 2.77. The number of halogens is 1. The normalized spacial score (nSPS) is 19.4. The number of fused-ring (bicyclic) bond motifs is 1.